The highest BCUT2D eigenvalue weighted by atomic mass is 35.5. The minimum absolute atomic E-state index is 0.0945. The van der Waals surface area contributed by atoms with Gasteiger partial charge in [-0.2, -0.15) is 0 Å². The van der Waals surface area contributed by atoms with E-state index in [2.05, 4.69) is 10.3 Å². The fourth-order valence-electron chi connectivity index (χ4n) is 2.42. The smallest absolute Gasteiger partial charge is 0.274 e. The fourth-order valence-corrected chi connectivity index (χ4v) is 2.61. The van der Waals surface area contributed by atoms with Crippen LogP contribution in [0, 0.1) is 5.92 Å². The number of hydrogen-bond donors (Lipinski definition) is 1. The molecule has 110 valence electrons. The Bertz CT molecular complexity index is 473. The Hall–Kier alpha value is -1.33. The molecule has 1 aromatic rings. The van der Waals surface area contributed by atoms with E-state index in [0.717, 1.165) is 32.5 Å². The number of amides is 1. The lowest BCUT2D eigenvalue weighted by Gasteiger charge is -2.31. The first-order valence-electron chi connectivity index (χ1n) is 6.78. The molecule has 1 aliphatic rings. The number of halogens is 1. The summed E-state index contributed by atoms with van der Waals surface area (Å²) >= 11 is 6.09. The number of rotatable bonds is 4. The van der Waals surface area contributed by atoms with Gasteiger partial charge in [0, 0.05) is 33.9 Å². The molecule has 0 aromatic carbocycles. The van der Waals surface area contributed by atoms with Crippen LogP contribution in [0.4, 0.5) is 5.82 Å². The van der Waals surface area contributed by atoms with Crippen molar-refractivity contribution in [3.8, 4) is 0 Å². The molecular formula is C14H20ClN3O2. The van der Waals surface area contributed by atoms with E-state index < -0.39 is 0 Å². The summed E-state index contributed by atoms with van der Waals surface area (Å²) in [5, 5.41) is 3.32. The lowest BCUT2D eigenvalue weighted by Crippen LogP contribution is -2.39. The SMILES string of the molecule is CNc1ccc(Cl)c(C(=O)N2CCC(COC)CC2)n1. The number of anilines is 1. The molecule has 0 radical (unpaired) electrons. The van der Waals surface area contributed by atoms with Gasteiger partial charge in [0.1, 0.15) is 11.5 Å². The standard InChI is InChI=1S/C14H20ClN3O2/c1-16-12-4-3-11(15)13(17-12)14(19)18-7-5-10(6-8-18)9-20-2/h3-4,10H,5-9H2,1-2H3,(H,16,17). The second-order valence-corrected chi connectivity index (χ2v) is 5.38. The van der Waals surface area contributed by atoms with Crippen molar-refractivity contribution >= 4 is 23.3 Å². The van der Waals surface area contributed by atoms with E-state index >= 15 is 0 Å². The molecule has 0 bridgehead atoms. The van der Waals surface area contributed by atoms with Crippen LogP contribution in [0.3, 0.4) is 0 Å². The molecule has 5 nitrogen and oxygen atoms in total. The van der Waals surface area contributed by atoms with Gasteiger partial charge in [0.05, 0.1) is 5.02 Å². The summed E-state index contributed by atoms with van der Waals surface area (Å²) in [5.41, 5.74) is 0.323. The van der Waals surface area contributed by atoms with E-state index in [9.17, 15) is 4.79 Å². The van der Waals surface area contributed by atoms with Crippen LogP contribution in [0.15, 0.2) is 12.1 Å². The van der Waals surface area contributed by atoms with Crippen molar-refractivity contribution < 1.29 is 9.53 Å². The van der Waals surface area contributed by atoms with Crippen molar-refractivity contribution in [2.75, 3.05) is 39.2 Å². The predicted molar refractivity (Wildman–Crippen MR) is 79.3 cm³/mol. The maximum absolute atomic E-state index is 12.5. The average Bonchev–Trinajstić information content (AvgIpc) is 2.48. The Morgan fingerprint density at radius 1 is 1.50 bits per heavy atom. The van der Waals surface area contributed by atoms with E-state index in [1.165, 1.54) is 0 Å². The second kappa shape index (κ2) is 6.90. The predicted octanol–water partition coefficient (Wildman–Crippen LogP) is 2.28. The van der Waals surface area contributed by atoms with Crippen LogP contribution in [0.5, 0.6) is 0 Å². The third-order valence-electron chi connectivity index (χ3n) is 3.61. The van der Waals surface area contributed by atoms with Crippen LogP contribution in [0.1, 0.15) is 23.3 Å². The van der Waals surface area contributed by atoms with Crippen molar-refractivity contribution in [3.63, 3.8) is 0 Å². The van der Waals surface area contributed by atoms with Gasteiger partial charge in [-0.25, -0.2) is 4.98 Å². The first-order chi connectivity index (χ1) is 9.65. The Kier molecular flexibility index (Phi) is 5.20. The number of carbonyl (C=O) groups is 1. The molecule has 0 spiro atoms. The van der Waals surface area contributed by atoms with Crippen LogP contribution in [-0.2, 0) is 4.74 Å². The molecular weight excluding hydrogens is 278 g/mol. The van der Waals surface area contributed by atoms with Gasteiger partial charge in [0.2, 0.25) is 0 Å². The van der Waals surface area contributed by atoms with Gasteiger partial charge >= 0.3 is 0 Å². The number of nitrogens with one attached hydrogen (secondary N) is 1. The Labute approximate surface area is 124 Å². The first-order valence-corrected chi connectivity index (χ1v) is 7.16. The van der Waals surface area contributed by atoms with Gasteiger partial charge in [-0.1, -0.05) is 11.6 Å². The third-order valence-corrected chi connectivity index (χ3v) is 3.91. The van der Waals surface area contributed by atoms with Crippen molar-refractivity contribution in [1.82, 2.24) is 9.88 Å². The number of piperidine rings is 1. The zero-order valence-corrected chi connectivity index (χ0v) is 12.6. The minimum atomic E-state index is -0.0945. The number of hydrogen-bond acceptors (Lipinski definition) is 4. The summed E-state index contributed by atoms with van der Waals surface area (Å²) in [6.45, 7) is 2.22. The lowest BCUT2D eigenvalue weighted by atomic mass is 9.97. The van der Waals surface area contributed by atoms with Crippen LogP contribution < -0.4 is 5.32 Å². The van der Waals surface area contributed by atoms with Gasteiger partial charge < -0.3 is 15.0 Å². The summed E-state index contributed by atoms with van der Waals surface area (Å²) in [6, 6.07) is 3.45. The Balaban J connectivity index is 2.05. The quantitative estimate of drug-likeness (QED) is 0.926. The Morgan fingerprint density at radius 3 is 2.80 bits per heavy atom. The number of aromatic nitrogens is 1. The molecule has 2 heterocycles. The number of carbonyl (C=O) groups excluding carboxylic acids is 1. The summed E-state index contributed by atoms with van der Waals surface area (Å²) in [4.78, 5) is 18.6. The summed E-state index contributed by atoms with van der Waals surface area (Å²) < 4.78 is 5.17. The largest absolute Gasteiger partial charge is 0.384 e. The average molecular weight is 298 g/mol. The molecule has 0 unspecified atom stereocenters. The molecule has 1 aromatic heterocycles. The van der Waals surface area contributed by atoms with Gasteiger partial charge in [0.15, 0.2) is 0 Å². The van der Waals surface area contributed by atoms with Gasteiger partial charge in [-0.15, -0.1) is 0 Å². The minimum Gasteiger partial charge on any atom is -0.384 e. The van der Waals surface area contributed by atoms with Crippen molar-refractivity contribution in [2.45, 2.75) is 12.8 Å². The van der Waals surface area contributed by atoms with Gasteiger partial charge in [-0.3, -0.25) is 4.79 Å². The number of methoxy groups -OCH3 is 1. The number of pyridine rings is 1. The van der Waals surface area contributed by atoms with Crippen LogP contribution in [0.2, 0.25) is 5.02 Å². The normalized spacial score (nSPS) is 16.2. The highest BCUT2D eigenvalue weighted by Gasteiger charge is 2.25. The summed E-state index contributed by atoms with van der Waals surface area (Å²) in [6.07, 6.45) is 1.92. The number of likely N-dealkylation sites (tertiary alicyclic amines) is 1. The van der Waals surface area contributed by atoms with Crippen LogP contribution >= 0.6 is 11.6 Å². The van der Waals surface area contributed by atoms with E-state index in [1.807, 2.05) is 4.90 Å². The van der Waals surface area contributed by atoms with E-state index in [0.29, 0.717) is 22.5 Å². The molecule has 1 N–H and O–H groups in total. The lowest BCUT2D eigenvalue weighted by molar-refractivity contribution is 0.0608. The van der Waals surface area contributed by atoms with E-state index in [-0.39, 0.29) is 5.91 Å². The van der Waals surface area contributed by atoms with Crippen LogP contribution in [0.25, 0.3) is 0 Å². The molecule has 6 heteroatoms. The summed E-state index contributed by atoms with van der Waals surface area (Å²) in [5.74, 6) is 1.09. The van der Waals surface area contributed by atoms with Crippen molar-refractivity contribution in [1.29, 1.82) is 0 Å². The molecule has 1 fully saturated rings. The van der Waals surface area contributed by atoms with Crippen LogP contribution in [-0.4, -0.2) is 49.6 Å². The van der Waals surface area contributed by atoms with E-state index in [4.69, 9.17) is 16.3 Å². The number of nitrogens with zero attached hydrogens (tertiary/aromatic N) is 2. The topological polar surface area (TPSA) is 54.5 Å². The van der Waals surface area contributed by atoms with E-state index in [1.54, 1.807) is 26.3 Å². The fraction of sp³-hybridized carbons (Fsp3) is 0.571. The van der Waals surface area contributed by atoms with Gasteiger partial charge in [0.25, 0.3) is 5.91 Å². The highest BCUT2D eigenvalue weighted by Crippen LogP contribution is 2.22. The molecule has 0 saturated carbocycles. The van der Waals surface area contributed by atoms with Crippen molar-refractivity contribution in [3.05, 3.63) is 22.8 Å². The molecule has 1 saturated heterocycles. The zero-order valence-electron chi connectivity index (χ0n) is 11.9. The monoisotopic (exact) mass is 297 g/mol. The van der Waals surface area contributed by atoms with Gasteiger partial charge in [-0.05, 0) is 30.9 Å². The number of ether oxygens (including phenoxy) is 1. The maximum Gasteiger partial charge on any atom is 0.274 e. The third kappa shape index (κ3) is 3.41. The molecule has 0 atom stereocenters. The Morgan fingerprint density at radius 2 is 2.20 bits per heavy atom. The first kappa shape index (κ1) is 15.1. The maximum atomic E-state index is 12.5. The second-order valence-electron chi connectivity index (χ2n) is 4.97. The molecule has 1 aliphatic heterocycles. The zero-order chi connectivity index (χ0) is 14.5. The molecule has 0 aliphatic carbocycles. The highest BCUT2D eigenvalue weighted by molar-refractivity contribution is 6.33. The molecule has 20 heavy (non-hydrogen) atoms. The molecule has 1 amide bonds. The van der Waals surface area contributed by atoms with Crippen molar-refractivity contribution in [2.24, 2.45) is 5.92 Å². The molecule has 2 rings (SSSR count). The summed E-state index contributed by atoms with van der Waals surface area (Å²) in [7, 11) is 3.48.